The summed E-state index contributed by atoms with van der Waals surface area (Å²) < 4.78 is 34.8. The molecule has 4 aromatic heterocycles. The highest BCUT2D eigenvalue weighted by Gasteiger charge is 2.27. The van der Waals surface area contributed by atoms with E-state index in [-0.39, 0.29) is 47.2 Å². The molecule has 0 bridgehead atoms. The second kappa shape index (κ2) is 28.2. The van der Waals surface area contributed by atoms with Crippen LogP contribution in [-0.2, 0) is 55.6 Å². The van der Waals surface area contributed by atoms with Gasteiger partial charge in [0.2, 0.25) is 11.9 Å². The number of halogens is 4. The molecule has 454 valence electrons. The quantitative estimate of drug-likeness (QED) is 0.0550. The first-order valence-electron chi connectivity index (χ1n) is 28.1. The molecule has 2 aliphatic heterocycles. The lowest BCUT2D eigenvalue weighted by molar-refractivity contribution is 0.0780. The summed E-state index contributed by atoms with van der Waals surface area (Å²) in [5.41, 5.74) is 4.42. The van der Waals surface area contributed by atoms with Gasteiger partial charge in [-0.2, -0.15) is 9.97 Å². The summed E-state index contributed by atoms with van der Waals surface area (Å²) in [6.07, 6.45) is 0. The lowest BCUT2D eigenvalue weighted by atomic mass is 9.97. The number of piperazine rings is 2. The number of benzene rings is 5. The number of rotatable bonds is 13. The van der Waals surface area contributed by atoms with Crippen molar-refractivity contribution in [2.75, 3.05) is 62.2 Å². The minimum absolute atomic E-state index is 0.117. The van der Waals surface area contributed by atoms with Crippen LogP contribution in [0.4, 0.5) is 20.7 Å². The van der Waals surface area contributed by atoms with E-state index in [1.807, 2.05) is 77.7 Å². The number of hydrogen-bond donors (Lipinski definition) is 5. The molecule has 19 nitrogen and oxygen atoms in total. The Morgan fingerprint density at radius 2 is 0.930 bits per heavy atom. The van der Waals surface area contributed by atoms with Gasteiger partial charge in [-0.1, -0.05) is 141 Å². The lowest BCUT2D eigenvalue weighted by Gasteiger charge is -2.35. The Balaban J connectivity index is 0.000000168. The summed E-state index contributed by atoms with van der Waals surface area (Å²) in [5, 5.41) is 24.8. The molecule has 0 radical (unpaired) electrons. The second-order valence-corrected chi connectivity index (χ2v) is 23.3. The second-order valence-electron chi connectivity index (χ2n) is 22.2. The van der Waals surface area contributed by atoms with Gasteiger partial charge in [-0.15, -0.1) is 0 Å². The van der Waals surface area contributed by atoms with E-state index in [2.05, 4.69) is 61.9 Å². The number of aromatic nitrogens is 8. The van der Waals surface area contributed by atoms with Crippen molar-refractivity contribution in [2.24, 2.45) is 14.1 Å². The van der Waals surface area contributed by atoms with Crippen LogP contribution in [0.1, 0.15) is 83.9 Å². The number of aromatic amines is 2. The van der Waals surface area contributed by atoms with E-state index in [0.29, 0.717) is 54.8 Å². The molecule has 2 saturated heterocycles. The molecule has 0 atom stereocenters. The molecule has 9 aromatic rings. The Labute approximate surface area is 512 Å². The molecule has 0 aliphatic carbocycles. The summed E-state index contributed by atoms with van der Waals surface area (Å²) in [6.45, 7) is 15.6. The summed E-state index contributed by atoms with van der Waals surface area (Å²) in [4.78, 5) is 80.7. The number of ketones is 1. The number of aliphatic hydroxyl groups is 2. The largest absolute Gasteiger partial charge is 0.386 e. The zero-order chi connectivity index (χ0) is 62.0. The van der Waals surface area contributed by atoms with Crippen LogP contribution in [0.5, 0.6) is 0 Å². The van der Waals surface area contributed by atoms with Crippen LogP contribution in [0.3, 0.4) is 0 Å². The third-order valence-electron chi connectivity index (χ3n) is 15.0. The first-order valence-corrected chi connectivity index (χ1v) is 30.3. The molecule has 2 fully saturated rings. The number of nitrogens with one attached hydrogen (secondary N) is 3. The van der Waals surface area contributed by atoms with Crippen molar-refractivity contribution in [3.63, 3.8) is 0 Å². The number of H-pyrrole nitrogens is 2. The Bertz CT molecular complexity index is 4040. The van der Waals surface area contributed by atoms with E-state index in [0.717, 1.165) is 65.6 Å². The lowest BCUT2D eigenvalue weighted by Crippen LogP contribution is -2.47. The number of imidazole rings is 2. The van der Waals surface area contributed by atoms with Crippen LogP contribution in [0.2, 0.25) is 0 Å². The third-order valence-corrected chi connectivity index (χ3v) is 16.3. The number of fused-ring (bicyclic) bond motifs is 2. The smallest absolute Gasteiger partial charge is 0.329 e. The van der Waals surface area contributed by atoms with Gasteiger partial charge in [0, 0.05) is 100 Å². The van der Waals surface area contributed by atoms with Crippen molar-refractivity contribution in [3.8, 4) is 0 Å². The predicted octanol–water partition coefficient (Wildman–Crippen LogP) is 7.77. The molecule has 0 saturated carbocycles. The highest BCUT2D eigenvalue weighted by molar-refractivity contribution is 9.08. The Morgan fingerprint density at radius 3 is 1.31 bits per heavy atom. The predicted molar refractivity (Wildman–Crippen MR) is 340 cm³/mol. The topological polar surface area (TPSA) is 225 Å². The molecule has 6 heterocycles. The van der Waals surface area contributed by atoms with Gasteiger partial charge in [-0.05, 0) is 74.6 Å². The first kappa shape index (κ1) is 64.3. The molecule has 86 heavy (non-hydrogen) atoms. The van der Waals surface area contributed by atoms with Crippen molar-refractivity contribution < 1.29 is 23.8 Å². The molecular weight excluding hydrogens is 1230 g/mol. The van der Waals surface area contributed by atoms with Crippen molar-refractivity contribution in [1.82, 2.24) is 48.4 Å². The van der Waals surface area contributed by atoms with Gasteiger partial charge in [0.15, 0.2) is 28.1 Å². The fourth-order valence-corrected chi connectivity index (χ4v) is 10.6. The average molecular weight is 1310 g/mol. The maximum absolute atomic E-state index is 14.5. The number of alkyl halides is 2. The molecule has 0 unspecified atom stereocenters. The van der Waals surface area contributed by atoms with E-state index in [9.17, 15) is 43.0 Å². The Hall–Kier alpha value is -7.67. The Kier molecular flexibility index (Phi) is 21.1. The highest BCUT2D eigenvalue weighted by atomic mass is 79.9. The van der Waals surface area contributed by atoms with E-state index < -0.39 is 33.7 Å². The number of aryl methyl sites for hydroxylation is 2. The van der Waals surface area contributed by atoms with E-state index >= 15 is 0 Å². The van der Waals surface area contributed by atoms with Gasteiger partial charge in [0.25, 0.3) is 11.1 Å². The van der Waals surface area contributed by atoms with Gasteiger partial charge in [0.1, 0.15) is 11.6 Å². The normalized spacial score (nSPS) is 13.8. The minimum atomic E-state index is -0.872. The molecule has 5 aromatic carbocycles. The van der Waals surface area contributed by atoms with Crippen LogP contribution < -0.4 is 37.6 Å². The summed E-state index contributed by atoms with van der Waals surface area (Å²) in [6, 6.07) is 36.4. The van der Waals surface area contributed by atoms with E-state index in [4.69, 9.17) is 4.98 Å². The molecule has 23 heteroatoms. The minimum Gasteiger partial charge on any atom is -0.386 e. The molecule has 0 spiro atoms. The number of anilines is 2. The SMILES string of the molecule is CC(=O)c1ccc(CBr)cc1.CC(C)(O)c1ccc(CBr)cc1.Cn1c(=O)[nH]c(=O)c2c1nc(N1CCN(Cc3ccc(C(C)(C)O)cc3)CC1)n2Cc1ccccc1F.Cn1c(=O)[nH]c(=O)c2c1nc(N1CCNCC1)n2Cc1ccccc1F. The van der Waals surface area contributed by atoms with Gasteiger partial charge in [-0.3, -0.25) is 47.5 Å². The molecular formula is C63H72Br2F2N12O7. The van der Waals surface area contributed by atoms with Crippen molar-refractivity contribution in [1.29, 1.82) is 0 Å². The number of carbonyl (C=O) groups excluding carboxylic acids is 1. The first-order chi connectivity index (χ1) is 40.9. The standard InChI is InChI=1S/C27H31FN6O3.C17H19FN6O2.C10H13BrO.C9H9BrO/c1-27(2,37)20-10-8-18(9-11-20)16-32-12-14-33(15-13-32)25-29-23-22(24(35)30-26(36)31(23)3)34(25)17-19-6-4-5-7-21(19)28;1-22-14-13(15(25)21-17(22)26)24(10-11-4-2-3-5-12(11)18)16(20-14)23-8-6-19-7-9-23;1-10(2,12)9-5-3-8(7-11)4-6-9;1-7(11)9-4-2-8(6-10)3-5-9/h4-11,37H,12-17H2,1-3H3,(H,30,35,36);2-5,19H,6-10H2,1H3,(H,21,25,26);3-6,12H,7H2,1-2H3;2-5H,6H2,1H3. The number of carbonyl (C=O) groups is 1. The van der Waals surface area contributed by atoms with Gasteiger partial charge in [-0.25, -0.2) is 18.4 Å². The highest BCUT2D eigenvalue weighted by Crippen LogP contribution is 2.27. The zero-order valence-electron chi connectivity index (χ0n) is 49.2. The molecule has 2 aliphatic rings. The Morgan fingerprint density at radius 1 is 0.547 bits per heavy atom. The third kappa shape index (κ3) is 15.7. The van der Waals surface area contributed by atoms with Crippen LogP contribution in [0, 0.1) is 11.6 Å². The number of Topliss-reactive ketones (excluding diaryl/α,β-unsaturated/α-hetero) is 1. The van der Waals surface area contributed by atoms with Crippen molar-refractivity contribution >= 4 is 71.9 Å². The molecule has 0 amide bonds. The number of hydrogen-bond acceptors (Lipinski definition) is 13. The maximum atomic E-state index is 14.5. The van der Waals surface area contributed by atoms with Crippen LogP contribution >= 0.6 is 31.9 Å². The van der Waals surface area contributed by atoms with Gasteiger partial charge < -0.3 is 25.3 Å². The fourth-order valence-electron chi connectivity index (χ4n) is 9.90. The average Bonchev–Trinajstić information content (AvgIpc) is 2.36. The summed E-state index contributed by atoms with van der Waals surface area (Å²) in [5.74, 6) is 0.514. The maximum Gasteiger partial charge on any atom is 0.329 e. The van der Waals surface area contributed by atoms with Crippen LogP contribution in [-0.4, -0.2) is 111 Å². The molecule has 11 rings (SSSR count). The monoisotopic (exact) mass is 1300 g/mol. The van der Waals surface area contributed by atoms with Crippen molar-refractivity contribution in [3.05, 3.63) is 219 Å². The van der Waals surface area contributed by atoms with Gasteiger partial charge >= 0.3 is 11.4 Å². The molecule has 5 N–H and O–H groups in total. The summed E-state index contributed by atoms with van der Waals surface area (Å²) >= 11 is 6.70. The summed E-state index contributed by atoms with van der Waals surface area (Å²) in [7, 11) is 3.12. The fraction of sp³-hybridized carbons (Fsp3) is 0.349. The van der Waals surface area contributed by atoms with Crippen molar-refractivity contribution in [2.45, 2.75) is 76.1 Å². The zero-order valence-corrected chi connectivity index (χ0v) is 52.4. The van der Waals surface area contributed by atoms with E-state index in [1.54, 1.807) is 94.2 Å². The van der Waals surface area contributed by atoms with Crippen LogP contribution in [0.25, 0.3) is 22.3 Å². The number of nitrogens with zero attached hydrogens (tertiary/aromatic N) is 9. The van der Waals surface area contributed by atoms with Crippen LogP contribution in [0.15, 0.2) is 141 Å². The van der Waals surface area contributed by atoms with Gasteiger partial charge in [0.05, 0.1) is 24.3 Å². The van der Waals surface area contributed by atoms with E-state index in [1.165, 1.54) is 32.4 Å².